The first-order chi connectivity index (χ1) is 10.9. The second kappa shape index (κ2) is 6.06. The highest BCUT2D eigenvalue weighted by molar-refractivity contribution is 7.89. The molecule has 0 amide bonds. The molecule has 0 unspecified atom stereocenters. The number of hydrogen-bond donors (Lipinski definition) is 1. The first-order valence-corrected chi connectivity index (χ1v) is 9.00. The Kier molecular flexibility index (Phi) is 4.26. The van der Waals surface area contributed by atoms with Crippen molar-refractivity contribution in [2.75, 3.05) is 6.61 Å². The highest BCUT2D eigenvalue weighted by Gasteiger charge is 2.37. The molecule has 0 radical (unpaired) electrons. The van der Waals surface area contributed by atoms with Gasteiger partial charge in [-0.3, -0.25) is 0 Å². The van der Waals surface area contributed by atoms with E-state index in [9.17, 15) is 8.42 Å². The van der Waals surface area contributed by atoms with Crippen LogP contribution in [-0.4, -0.2) is 35.8 Å². The van der Waals surface area contributed by atoms with Crippen LogP contribution in [0, 0.1) is 13.8 Å². The lowest BCUT2D eigenvalue weighted by atomic mass is 10.1. The summed E-state index contributed by atoms with van der Waals surface area (Å²) < 4.78 is 40.7. The average Bonchev–Trinajstić information content (AvgIpc) is 3.18. The Labute approximate surface area is 134 Å². The van der Waals surface area contributed by atoms with E-state index in [0.717, 1.165) is 12.4 Å². The van der Waals surface area contributed by atoms with Gasteiger partial charge in [-0.25, -0.2) is 18.1 Å². The van der Waals surface area contributed by atoms with Crippen molar-refractivity contribution in [3.05, 3.63) is 29.7 Å². The third-order valence-corrected chi connectivity index (χ3v) is 5.71. The first kappa shape index (κ1) is 16.2. The van der Waals surface area contributed by atoms with Gasteiger partial charge >= 0.3 is 0 Å². The molecule has 3 rings (SSSR count). The zero-order valence-corrected chi connectivity index (χ0v) is 14.1. The van der Waals surface area contributed by atoms with Crippen LogP contribution in [0.4, 0.5) is 0 Å². The lowest BCUT2D eigenvalue weighted by Crippen LogP contribution is -2.38. The van der Waals surface area contributed by atoms with Crippen molar-refractivity contribution in [3.63, 3.8) is 0 Å². The Balaban J connectivity index is 1.87. The smallest absolute Gasteiger partial charge is 0.246 e. The molecule has 126 valence electrons. The summed E-state index contributed by atoms with van der Waals surface area (Å²) in [5.74, 6) is 1.01. The first-order valence-electron chi connectivity index (χ1n) is 7.52. The molecule has 0 spiro atoms. The van der Waals surface area contributed by atoms with E-state index < -0.39 is 16.1 Å². The fraction of sp³-hybridized carbons (Fsp3) is 0.571. The van der Waals surface area contributed by atoms with Gasteiger partial charge in [0.2, 0.25) is 10.0 Å². The van der Waals surface area contributed by atoms with Crippen LogP contribution in [0.15, 0.2) is 21.8 Å². The van der Waals surface area contributed by atoms with Crippen LogP contribution in [0.5, 0.6) is 0 Å². The Morgan fingerprint density at radius 3 is 2.87 bits per heavy atom. The van der Waals surface area contributed by atoms with Crippen molar-refractivity contribution in [3.8, 4) is 0 Å². The molecular formula is C14H20N4O4S. The maximum atomic E-state index is 12.7. The number of aryl methyl sites for hydroxylation is 3. The molecule has 2 aromatic heterocycles. The Morgan fingerprint density at radius 1 is 1.43 bits per heavy atom. The molecule has 9 heteroatoms. The number of nitrogens with one attached hydrogen (secondary N) is 1. The quantitative estimate of drug-likeness (QED) is 0.881. The van der Waals surface area contributed by atoms with Gasteiger partial charge in [-0.1, -0.05) is 5.16 Å². The Hall–Kier alpha value is -1.71. The molecule has 23 heavy (non-hydrogen) atoms. The number of imidazole rings is 1. The average molecular weight is 340 g/mol. The minimum atomic E-state index is -3.73. The van der Waals surface area contributed by atoms with E-state index in [1.807, 2.05) is 17.7 Å². The minimum absolute atomic E-state index is 0.0991. The van der Waals surface area contributed by atoms with Crippen molar-refractivity contribution < 1.29 is 17.7 Å². The van der Waals surface area contributed by atoms with Crippen LogP contribution in [0.25, 0.3) is 0 Å². The molecular weight excluding hydrogens is 320 g/mol. The minimum Gasteiger partial charge on any atom is -0.369 e. The molecule has 1 N–H and O–H groups in total. The summed E-state index contributed by atoms with van der Waals surface area (Å²) in [5, 5.41) is 3.71. The molecule has 2 atom stereocenters. The van der Waals surface area contributed by atoms with E-state index in [1.54, 1.807) is 20.0 Å². The topological polar surface area (TPSA) is 99.2 Å². The predicted molar refractivity (Wildman–Crippen MR) is 81.3 cm³/mol. The van der Waals surface area contributed by atoms with Crippen molar-refractivity contribution in [2.45, 2.75) is 50.8 Å². The van der Waals surface area contributed by atoms with E-state index in [2.05, 4.69) is 14.9 Å². The van der Waals surface area contributed by atoms with Gasteiger partial charge in [-0.05, 0) is 27.2 Å². The zero-order chi connectivity index (χ0) is 16.6. The lowest BCUT2D eigenvalue weighted by molar-refractivity contribution is 0.0925. The fourth-order valence-corrected chi connectivity index (χ4v) is 4.53. The summed E-state index contributed by atoms with van der Waals surface area (Å²) in [5.41, 5.74) is 0.348. The molecule has 1 aliphatic rings. The fourth-order valence-electron chi connectivity index (χ4n) is 2.93. The number of sulfonamides is 1. The second-order valence-electron chi connectivity index (χ2n) is 5.53. The Bertz CT molecular complexity index is 776. The number of aromatic nitrogens is 3. The lowest BCUT2D eigenvalue weighted by Gasteiger charge is -2.20. The van der Waals surface area contributed by atoms with Gasteiger partial charge in [0.05, 0.1) is 6.04 Å². The standard InChI is InChI=1S/C14H20N4O4S/c1-4-18-7-6-15-14(18)12-11(5-8-21-12)17-23(19,20)13-9(2)16-22-10(13)3/h6-7,11-12,17H,4-5,8H2,1-3H3/t11-,12-/m0/s1. The summed E-state index contributed by atoms with van der Waals surface area (Å²) in [4.78, 5) is 4.42. The van der Waals surface area contributed by atoms with E-state index in [0.29, 0.717) is 18.7 Å². The molecule has 0 aromatic carbocycles. The number of rotatable bonds is 5. The molecule has 0 saturated carbocycles. The highest BCUT2D eigenvalue weighted by atomic mass is 32.2. The van der Waals surface area contributed by atoms with Crippen LogP contribution < -0.4 is 4.72 Å². The monoisotopic (exact) mass is 340 g/mol. The summed E-state index contributed by atoms with van der Waals surface area (Å²) >= 11 is 0. The van der Waals surface area contributed by atoms with E-state index in [1.165, 1.54) is 0 Å². The molecule has 3 heterocycles. The van der Waals surface area contributed by atoms with Gasteiger partial charge in [0.15, 0.2) is 5.76 Å². The molecule has 2 aromatic rings. The van der Waals surface area contributed by atoms with E-state index in [4.69, 9.17) is 9.26 Å². The van der Waals surface area contributed by atoms with E-state index in [-0.39, 0.29) is 16.7 Å². The molecule has 8 nitrogen and oxygen atoms in total. The van der Waals surface area contributed by atoms with Gasteiger partial charge < -0.3 is 13.8 Å². The zero-order valence-electron chi connectivity index (χ0n) is 13.3. The molecule has 0 bridgehead atoms. The Morgan fingerprint density at radius 2 is 2.22 bits per heavy atom. The maximum Gasteiger partial charge on any atom is 0.246 e. The second-order valence-corrected chi connectivity index (χ2v) is 7.18. The third kappa shape index (κ3) is 2.91. The van der Waals surface area contributed by atoms with Crippen molar-refractivity contribution in [2.24, 2.45) is 0 Å². The summed E-state index contributed by atoms with van der Waals surface area (Å²) in [7, 11) is -3.73. The van der Waals surface area contributed by atoms with Gasteiger partial charge in [0.25, 0.3) is 0 Å². The van der Waals surface area contributed by atoms with Crippen LogP contribution in [0.3, 0.4) is 0 Å². The van der Waals surface area contributed by atoms with Gasteiger partial charge in [-0.15, -0.1) is 0 Å². The van der Waals surface area contributed by atoms with Crippen LogP contribution in [-0.2, 0) is 21.3 Å². The van der Waals surface area contributed by atoms with E-state index >= 15 is 0 Å². The van der Waals surface area contributed by atoms with Crippen molar-refractivity contribution >= 4 is 10.0 Å². The molecule has 0 aliphatic carbocycles. The number of hydrogen-bond acceptors (Lipinski definition) is 6. The number of nitrogens with zero attached hydrogens (tertiary/aromatic N) is 3. The van der Waals surface area contributed by atoms with Gasteiger partial charge in [-0.2, -0.15) is 0 Å². The van der Waals surface area contributed by atoms with Gasteiger partial charge in [0.1, 0.15) is 22.5 Å². The molecule has 1 aliphatic heterocycles. The predicted octanol–water partition coefficient (Wildman–Crippen LogP) is 1.32. The normalized spacial score (nSPS) is 21.9. The summed E-state index contributed by atoms with van der Waals surface area (Å²) in [6.45, 7) is 6.43. The summed E-state index contributed by atoms with van der Waals surface area (Å²) in [6, 6.07) is -0.374. The van der Waals surface area contributed by atoms with Crippen molar-refractivity contribution in [1.82, 2.24) is 19.4 Å². The molecule has 1 fully saturated rings. The highest BCUT2D eigenvalue weighted by Crippen LogP contribution is 2.30. The van der Waals surface area contributed by atoms with Crippen molar-refractivity contribution in [1.29, 1.82) is 0 Å². The van der Waals surface area contributed by atoms with Crippen LogP contribution in [0.1, 0.15) is 36.7 Å². The number of ether oxygens (including phenoxy) is 1. The summed E-state index contributed by atoms with van der Waals surface area (Å²) in [6.07, 6.45) is 3.74. The SMILES string of the molecule is CCn1ccnc1[C@H]1OCC[C@@H]1NS(=O)(=O)c1c(C)noc1C. The van der Waals surface area contributed by atoms with Gasteiger partial charge in [0, 0.05) is 25.5 Å². The largest absolute Gasteiger partial charge is 0.369 e. The van der Waals surface area contributed by atoms with Crippen LogP contribution in [0.2, 0.25) is 0 Å². The maximum absolute atomic E-state index is 12.7. The van der Waals surface area contributed by atoms with Crippen LogP contribution >= 0.6 is 0 Å². The molecule has 1 saturated heterocycles. The third-order valence-electron chi connectivity index (χ3n) is 3.98.